The van der Waals surface area contributed by atoms with E-state index in [4.69, 9.17) is 17.0 Å². The molecule has 28 heavy (non-hydrogen) atoms. The van der Waals surface area contributed by atoms with E-state index in [1.807, 2.05) is 47.1 Å². The van der Waals surface area contributed by atoms with Crippen molar-refractivity contribution in [1.29, 1.82) is 0 Å². The van der Waals surface area contributed by atoms with E-state index in [-0.39, 0.29) is 0 Å². The molecule has 0 radical (unpaired) electrons. The third-order valence-corrected chi connectivity index (χ3v) is 5.70. The smallest absolute Gasteiger partial charge is 0.221 e. The zero-order valence-corrected chi connectivity index (χ0v) is 17.0. The van der Waals surface area contributed by atoms with Crippen LogP contribution >= 0.6 is 12.2 Å². The Bertz CT molecular complexity index is 943. The molecule has 3 aromatic rings. The molecule has 1 aliphatic heterocycles. The van der Waals surface area contributed by atoms with Crippen molar-refractivity contribution in [2.24, 2.45) is 0 Å². The largest absolute Gasteiger partial charge is 0.497 e. The zero-order valence-electron chi connectivity index (χ0n) is 16.1. The molecule has 4 rings (SSSR count). The minimum absolute atomic E-state index is 0.624. The number of methoxy groups -OCH3 is 1. The van der Waals surface area contributed by atoms with Crippen LogP contribution in [-0.2, 0) is 13.2 Å². The fraction of sp³-hybridized carbons (Fsp3) is 0.333. The molecule has 3 N–H and O–H groups in total. The van der Waals surface area contributed by atoms with Crippen LogP contribution in [0.25, 0.3) is 11.4 Å². The zero-order chi connectivity index (χ0) is 19.3. The monoisotopic (exact) mass is 397 g/mol. The first-order valence-corrected chi connectivity index (χ1v) is 10.1. The van der Waals surface area contributed by atoms with E-state index in [0.29, 0.717) is 4.77 Å². The lowest BCUT2D eigenvalue weighted by Crippen LogP contribution is -3.27. The molecule has 0 aliphatic carbocycles. The summed E-state index contributed by atoms with van der Waals surface area (Å²) >= 11 is 5.46. The van der Waals surface area contributed by atoms with E-state index >= 15 is 0 Å². The Morgan fingerprint density at radius 1 is 1.00 bits per heavy atom. The van der Waals surface area contributed by atoms with E-state index in [1.165, 1.54) is 10.5 Å². The predicted molar refractivity (Wildman–Crippen MR) is 111 cm³/mol. The van der Waals surface area contributed by atoms with Gasteiger partial charge in [-0.25, -0.2) is 4.68 Å². The van der Waals surface area contributed by atoms with Crippen LogP contribution in [0.1, 0.15) is 5.56 Å². The van der Waals surface area contributed by atoms with Gasteiger partial charge in [0.25, 0.3) is 0 Å². The lowest BCUT2D eigenvalue weighted by Gasteiger charge is -2.29. The van der Waals surface area contributed by atoms with Crippen molar-refractivity contribution in [1.82, 2.24) is 14.8 Å². The normalized spacial score (nSPS) is 19.5. The molecule has 146 valence electrons. The van der Waals surface area contributed by atoms with Gasteiger partial charge < -0.3 is 14.5 Å². The van der Waals surface area contributed by atoms with Crippen molar-refractivity contribution in [3.8, 4) is 17.1 Å². The number of piperazine rings is 1. The van der Waals surface area contributed by atoms with Crippen molar-refractivity contribution in [3.05, 3.63) is 64.9 Å². The highest BCUT2D eigenvalue weighted by atomic mass is 32.1. The van der Waals surface area contributed by atoms with Crippen molar-refractivity contribution in [2.45, 2.75) is 13.2 Å². The third-order valence-electron chi connectivity index (χ3n) is 5.39. The van der Waals surface area contributed by atoms with E-state index in [2.05, 4.69) is 22.2 Å². The van der Waals surface area contributed by atoms with E-state index < -0.39 is 0 Å². The lowest BCUT2D eigenvalue weighted by molar-refractivity contribution is -1.03. The van der Waals surface area contributed by atoms with Gasteiger partial charge in [0.15, 0.2) is 12.5 Å². The lowest BCUT2D eigenvalue weighted by atomic mass is 10.2. The van der Waals surface area contributed by atoms with Gasteiger partial charge in [0.1, 0.15) is 38.5 Å². The van der Waals surface area contributed by atoms with Crippen LogP contribution in [0.4, 0.5) is 0 Å². The topological polar surface area (TPSA) is 51.7 Å². The van der Waals surface area contributed by atoms with Gasteiger partial charge >= 0.3 is 0 Å². The van der Waals surface area contributed by atoms with Crippen LogP contribution in [-0.4, -0.2) is 48.1 Å². The van der Waals surface area contributed by atoms with Gasteiger partial charge in [-0.05, 0) is 36.5 Å². The number of H-pyrrole nitrogens is 1. The molecule has 0 unspecified atom stereocenters. The van der Waals surface area contributed by atoms with Crippen LogP contribution in [0.2, 0.25) is 0 Å². The van der Waals surface area contributed by atoms with Gasteiger partial charge in [-0.2, -0.15) is 4.98 Å². The fourth-order valence-corrected chi connectivity index (χ4v) is 3.94. The SMILES string of the molecule is COc1ccc(C[NH+]2CC[NH+](Cn3[nH]c(-c4ccccc4)nc3=S)CC2)cc1. The molecule has 1 aliphatic rings. The summed E-state index contributed by atoms with van der Waals surface area (Å²) in [6, 6.07) is 18.6. The Kier molecular flexibility index (Phi) is 5.85. The average molecular weight is 398 g/mol. The predicted octanol–water partition coefficient (Wildman–Crippen LogP) is 0.557. The number of aromatic amines is 1. The number of nitrogens with one attached hydrogen (secondary N) is 3. The van der Waals surface area contributed by atoms with Crippen molar-refractivity contribution >= 4 is 12.2 Å². The standard InChI is InChI=1S/C21H25N5OS/c1-27-19-9-7-17(8-10-19)15-24-11-13-25(14-12-24)16-26-21(28)22-20(23-26)18-5-3-2-4-6-18/h2-10H,11-16H2,1H3,(H,22,23,28)/p+2. The van der Waals surface area contributed by atoms with Crippen molar-refractivity contribution < 1.29 is 14.5 Å². The van der Waals surface area contributed by atoms with E-state index in [9.17, 15) is 0 Å². The number of quaternary nitrogens is 2. The highest BCUT2D eigenvalue weighted by Crippen LogP contribution is 2.13. The summed E-state index contributed by atoms with van der Waals surface area (Å²) in [5, 5.41) is 3.37. The van der Waals surface area contributed by atoms with Gasteiger partial charge in [0, 0.05) is 11.1 Å². The summed E-state index contributed by atoms with van der Waals surface area (Å²) in [6.07, 6.45) is 0. The van der Waals surface area contributed by atoms with Crippen LogP contribution in [0.15, 0.2) is 54.6 Å². The molecule has 0 amide bonds. The Morgan fingerprint density at radius 3 is 2.36 bits per heavy atom. The van der Waals surface area contributed by atoms with Crippen molar-refractivity contribution in [3.63, 3.8) is 0 Å². The first kappa shape index (κ1) is 18.9. The molecule has 0 saturated carbocycles. The van der Waals surface area contributed by atoms with Crippen LogP contribution in [0, 0.1) is 4.77 Å². The number of hydrogen-bond donors (Lipinski definition) is 3. The van der Waals surface area contributed by atoms with Gasteiger partial charge in [0.05, 0.1) is 7.11 Å². The van der Waals surface area contributed by atoms with Gasteiger partial charge in [0.2, 0.25) is 4.77 Å². The Hall–Kier alpha value is -2.48. The molecular formula is C21H27N5OS+2. The highest BCUT2D eigenvalue weighted by Gasteiger charge is 2.23. The van der Waals surface area contributed by atoms with E-state index in [1.54, 1.807) is 12.0 Å². The number of hydrogen-bond acceptors (Lipinski definition) is 3. The quantitative estimate of drug-likeness (QED) is 0.533. The number of nitrogens with zero attached hydrogens (tertiary/aromatic N) is 2. The van der Waals surface area contributed by atoms with Crippen molar-refractivity contribution in [2.75, 3.05) is 33.3 Å². The summed E-state index contributed by atoms with van der Waals surface area (Å²) in [5.74, 6) is 1.76. The summed E-state index contributed by atoms with van der Waals surface area (Å²) in [4.78, 5) is 7.70. The maximum Gasteiger partial charge on any atom is 0.221 e. The number of ether oxygens (including phenoxy) is 1. The van der Waals surface area contributed by atoms with Gasteiger partial charge in [-0.15, -0.1) is 0 Å². The summed E-state index contributed by atoms with van der Waals surface area (Å²) < 4.78 is 7.87. The third kappa shape index (κ3) is 4.49. The number of benzene rings is 2. The summed E-state index contributed by atoms with van der Waals surface area (Å²) in [5.41, 5.74) is 2.43. The molecule has 1 aromatic heterocycles. The first-order valence-electron chi connectivity index (χ1n) is 9.73. The number of aromatic nitrogens is 3. The molecule has 2 heterocycles. The Labute approximate surface area is 170 Å². The molecule has 7 heteroatoms. The second-order valence-electron chi connectivity index (χ2n) is 7.33. The molecule has 0 spiro atoms. The van der Waals surface area contributed by atoms with Gasteiger partial charge in [-0.1, -0.05) is 30.3 Å². The number of rotatable bonds is 6. The Balaban J connectivity index is 1.32. The van der Waals surface area contributed by atoms with E-state index in [0.717, 1.165) is 56.5 Å². The second-order valence-corrected chi connectivity index (χ2v) is 7.70. The van der Waals surface area contributed by atoms with Crippen LogP contribution in [0.5, 0.6) is 5.75 Å². The molecule has 1 fully saturated rings. The molecular weight excluding hydrogens is 370 g/mol. The van der Waals surface area contributed by atoms with Gasteiger partial charge in [-0.3, -0.25) is 5.10 Å². The summed E-state index contributed by atoms with van der Waals surface area (Å²) in [6.45, 7) is 6.50. The first-order chi connectivity index (χ1) is 13.7. The second kappa shape index (κ2) is 8.68. The molecule has 2 aromatic carbocycles. The Morgan fingerprint density at radius 2 is 1.68 bits per heavy atom. The van der Waals surface area contributed by atoms with Crippen LogP contribution < -0.4 is 14.5 Å². The highest BCUT2D eigenvalue weighted by molar-refractivity contribution is 7.71. The molecule has 0 atom stereocenters. The fourth-order valence-electron chi connectivity index (χ4n) is 3.74. The van der Waals surface area contributed by atoms with Crippen LogP contribution in [0.3, 0.4) is 0 Å². The maximum atomic E-state index is 5.46. The minimum Gasteiger partial charge on any atom is -0.497 e. The molecule has 0 bridgehead atoms. The molecule has 1 saturated heterocycles. The molecule has 6 nitrogen and oxygen atoms in total. The minimum atomic E-state index is 0.624. The maximum absolute atomic E-state index is 5.46. The summed E-state index contributed by atoms with van der Waals surface area (Å²) in [7, 11) is 1.71. The average Bonchev–Trinajstić information content (AvgIpc) is 3.11.